The standard InChI is InChI=1S/C22H19N3O4/c26-21(27)19-18(12-9-10-12)20(25-24-19)23-22(28)29-11-17-15-7-3-1-5-13(15)14-6-2-4-8-16(14)17/h1-8,12,17H,9-11H2,(H,26,27)(H2,23,24,25,28). The van der Waals surface area contributed by atoms with Crippen LogP contribution in [0.1, 0.15) is 51.9 Å². The highest BCUT2D eigenvalue weighted by molar-refractivity contribution is 5.92. The van der Waals surface area contributed by atoms with E-state index in [2.05, 4.69) is 39.8 Å². The SMILES string of the molecule is O=C(Nc1n[nH]c(C(=O)O)c1C1CC1)OCC1c2ccccc2-c2ccccc21. The van der Waals surface area contributed by atoms with Crippen molar-refractivity contribution >= 4 is 17.9 Å². The maximum absolute atomic E-state index is 12.4. The quantitative estimate of drug-likeness (QED) is 0.602. The van der Waals surface area contributed by atoms with Crippen LogP contribution in [0.5, 0.6) is 0 Å². The number of ether oxygens (including phenoxy) is 1. The minimum absolute atomic E-state index is 0.0291. The Kier molecular flexibility index (Phi) is 4.08. The van der Waals surface area contributed by atoms with Crippen LogP contribution in [0.2, 0.25) is 0 Å². The Labute approximate surface area is 166 Å². The van der Waals surface area contributed by atoms with Crippen LogP contribution in [0.15, 0.2) is 48.5 Å². The fourth-order valence-corrected chi connectivity index (χ4v) is 4.11. The van der Waals surface area contributed by atoms with E-state index in [0.29, 0.717) is 5.56 Å². The predicted octanol–water partition coefficient (Wildman–Crippen LogP) is 4.35. The van der Waals surface area contributed by atoms with Crippen LogP contribution in [0.25, 0.3) is 11.1 Å². The number of aromatic nitrogens is 2. The number of H-pyrrole nitrogens is 1. The smallest absolute Gasteiger partial charge is 0.412 e. The first kappa shape index (κ1) is 17.5. The van der Waals surface area contributed by atoms with Gasteiger partial charge >= 0.3 is 12.1 Å². The van der Waals surface area contributed by atoms with E-state index < -0.39 is 12.1 Å². The monoisotopic (exact) mass is 389 g/mol. The van der Waals surface area contributed by atoms with Gasteiger partial charge in [-0.15, -0.1) is 0 Å². The van der Waals surface area contributed by atoms with Gasteiger partial charge in [0.2, 0.25) is 0 Å². The molecule has 2 aliphatic carbocycles. The molecular weight excluding hydrogens is 370 g/mol. The number of benzene rings is 2. The number of carbonyl (C=O) groups is 2. The molecule has 0 spiro atoms. The second-order valence-corrected chi connectivity index (χ2v) is 7.39. The lowest BCUT2D eigenvalue weighted by Crippen LogP contribution is -2.18. The molecule has 1 amide bonds. The summed E-state index contributed by atoms with van der Waals surface area (Å²) < 4.78 is 5.52. The van der Waals surface area contributed by atoms with Gasteiger partial charge in [0, 0.05) is 11.5 Å². The first-order valence-electron chi connectivity index (χ1n) is 9.57. The molecule has 1 heterocycles. The molecule has 1 aromatic heterocycles. The van der Waals surface area contributed by atoms with Crippen molar-refractivity contribution in [1.82, 2.24) is 10.2 Å². The largest absolute Gasteiger partial charge is 0.477 e. The number of hydrogen-bond acceptors (Lipinski definition) is 4. The van der Waals surface area contributed by atoms with Crippen molar-refractivity contribution in [2.24, 2.45) is 0 Å². The number of anilines is 1. The highest BCUT2D eigenvalue weighted by Crippen LogP contribution is 2.45. The molecule has 29 heavy (non-hydrogen) atoms. The van der Waals surface area contributed by atoms with Gasteiger partial charge in [0.1, 0.15) is 12.3 Å². The Bertz CT molecular complexity index is 1070. The summed E-state index contributed by atoms with van der Waals surface area (Å²) in [7, 11) is 0. The number of amides is 1. The lowest BCUT2D eigenvalue weighted by molar-refractivity contribution is 0.0689. The molecule has 0 unspecified atom stereocenters. The number of nitrogens with zero attached hydrogens (tertiary/aromatic N) is 1. The molecule has 2 aromatic carbocycles. The molecule has 7 nitrogen and oxygen atoms in total. The number of rotatable bonds is 5. The van der Waals surface area contributed by atoms with E-state index in [1.54, 1.807) is 0 Å². The van der Waals surface area contributed by atoms with E-state index in [1.165, 1.54) is 0 Å². The number of carbonyl (C=O) groups excluding carboxylic acids is 1. The highest BCUT2D eigenvalue weighted by Gasteiger charge is 2.34. The molecule has 0 atom stereocenters. The third-order valence-electron chi connectivity index (χ3n) is 5.57. The predicted molar refractivity (Wildman–Crippen MR) is 106 cm³/mol. The highest BCUT2D eigenvalue weighted by atomic mass is 16.5. The van der Waals surface area contributed by atoms with Crippen molar-refractivity contribution < 1.29 is 19.4 Å². The number of aromatic carboxylic acids is 1. The van der Waals surface area contributed by atoms with Crippen LogP contribution in [0.4, 0.5) is 10.6 Å². The fraction of sp³-hybridized carbons (Fsp3) is 0.227. The first-order chi connectivity index (χ1) is 14.1. The lowest BCUT2D eigenvalue weighted by Gasteiger charge is -2.14. The molecular formula is C22H19N3O4. The minimum Gasteiger partial charge on any atom is -0.477 e. The Balaban J connectivity index is 1.33. The second-order valence-electron chi connectivity index (χ2n) is 7.39. The van der Waals surface area contributed by atoms with E-state index in [-0.39, 0.29) is 30.0 Å². The van der Waals surface area contributed by atoms with E-state index in [9.17, 15) is 14.7 Å². The Morgan fingerprint density at radius 2 is 1.69 bits per heavy atom. The number of carboxylic acid groups (broad SMARTS) is 1. The van der Waals surface area contributed by atoms with Gasteiger partial charge in [-0.2, -0.15) is 5.10 Å². The number of aromatic amines is 1. The zero-order valence-electron chi connectivity index (χ0n) is 15.5. The minimum atomic E-state index is -1.08. The van der Waals surface area contributed by atoms with Gasteiger partial charge in [0.25, 0.3) is 0 Å². The van der Waals surface area contributed by atoms with Gasteiger partial charge in [-0.1, -0.05) is 48.5 Å². The van der Waals surface area contributed by atoms with E-state index >= 15 is 0 Å². The first-order valence-corrected chi connectivity index (χ1v) is 9.57. The molecule has 1 saturated carbocycles. The molecule has 3 aromatic rings. The maximum Gasteiger partial charge on any atom is 0.412 e. The van der Waals surface area contributed by atoms with Crippen LogP contribution < -0.4 is 5.32 Å². The molecule has 1 fully saturated rings. The Morgan fingerprint density at radius 1 is 1.07 bits per heavy atom. The van der Waals surface area contributed by atoms with Crippen molar-refractivity contribution in [3.05, 3.63) is 70.9 Å². The van der Waals surface area contributed by atoms with Gasteiger partial charge in [0.15, 0.2) is 5.82 Å². The van der Waals surface area contributed by atoms with Gasteiger partial charge < -0.3 is 9.84 Å². The molecule has 146 valence electrons. The van der Waals surface area contributed by atoms with Crippen LogP contribution in [-0.4, -0.2) is 34.0 Å². The summed E-state index contributed by atoms with van der Waals surface area (Å²) in [6, 6.07) is 16.2. The molecule has 5 rings (SSSR count). The van der Waals surface area contributed by atoms with Crippen LogP contribution in [0, 0.1) is 0 Å². The van der Waals surface area contributed by atoms with Gasteiger partial charge in [-0.25, -0.2) is 9.59 Å². The third-order valence-corrected chi connectivity index (χ3v) is 5.57. The molecule has 7 heteroatoms. The molecule has 3 N–H and O–H groups in total. The lowest BCUT2D eigenvalue weighted by atomic mass is 9.98. The third kappa shape index (κ3) is 3.04. The second kappa shape index (κ2) is 6.77. The molecule has 0 bridgehead atoms. The van der Waals surface area contributed by atoms with E-state index in [0.717, 1.165) is 35.1 Å². The van der Waals surface area contributed by atoms with Crippen LogP contribution in [0.3, 0.4) is 0 Å². The normalized spacial score (nSPS) is 14.9. The summed E-state index contributed by atoms with van der Waals surface area (Å²) in [6.07, 6.45) is 1.13. The number of hydrogen-bond donors (Lipinski definition) is 3. The maximum atomic E-state index is 12.4. The van der Waals surface area contributed by atoms with Crippen molar-refractivity contribution in [1.29, 1.82) is 0 Å². The average Bonchev–Trinajstić information content (AvgIpc) is 3.40. The van der Waals surface area contributed by atoms with Crippen molar-refractivity contribution in [3.63, 3.8) is 0 Å². The van der Waals surface area contributed by atoms with Crippen molar-refractivity contribution in [3.8, 4) is 11.1 Å². The topological polar surface area (TPSA) is 104 Å². The van der Waals surface area contributed by atoms with E-state index in [4.69, 9.17) is 4.74 Å². The average molecular weight is 389 g/mol. The Hall–Kier alpha value is -3.61. The zero-order valence-corrected chi connectivity index (χ0v) is 15.5. The molecule has 0 aliphatic heterocycles. The molecule has 2 aliphatic rings. The van der Waals surface area contributed by atoms with Crippen molar-refractivity contribution in [2.75, 3.05) is 11.9 Å². The zero-order chi connectivity index (χ0) is 20.0. The van der Waals surface area contributed by atoms with Gasteiger partial charge in [-0.05, 0) is 41.0 Å². The number of nitrogens with one attached hydrogen (secondary N) is 2. The molecule has 0 saturated heterocycles. The van der Waals surface area contributed by atoms with Crippen LogP contribution in [-0.2, 0) is 4.74 Å². The molecule has 0 radical (unpaired) electrons. The van der Waals surface area contributed by atoms with Gasteiger partial charge in [-0.3, -0.25) is 10.4 Å². The van der Waals surface area contributed by atoms with Gasteiger partial charge in [0.05, 0.1) is 0 Å². The van der Waals surface area contributed by atoms with E-state index in [1.807, 2.05) is 24.3 Å². The number of carboxylic acids is 1. The number of fused-ring (bicyclic) bond motifs is 3. The summed E-state index contributed by atoms with van der Waals surface area (Å²) >= 11 is 0. The summed E-state index contributed by atoms with van der Waals surface area (Å²) in [5.74, 6) is -0.768. The summed E-state index contributed by atoms with van der Waals surface area (Å²) in [6.45, 7) is 0.189. The van der Waals surface area contributed by atoms with Crippen molar-refractivity contribution in [2.45, 2.75) is 24.7 Å². The van der Waals surface area contributed by atoms with Crippen LogP contribution >= 0.6 is 0 Å². The fourth-order valence-electron chi connectivity index (χ4n) is 4.11. The summed E-state index contributed by atoms with van der Waals surface area (Å²) in [5.41, 5.74) is 5.16. The Morgan fingerprint density at radius 3 is 2.28 bits per heavy atom. The summed E-state index contributed by atoms with van der Waals surface area (Å²) in [5, 5.41) is 18.4. The summed E-state index contributed by atoms with van der Waals surface area (Å²) in [4.78, 5) is 23.8.